The number of aliphatic hydroxyl groups excluding tert-OH is 1. The molecule has 32 heavy (non-hydrogen) atoms. The number of benzene rings is 2. The van der Waals surface area contributed by atoms with Crippen molar-refractivity contribution in [2.45, 2.75) is 36.9 Å². The highest BCUT2D eigenvalue weighted by Gasteiger charge is 2.55. The maximum atomic E-state index is 13.1. The Bertz CT molecular complexity index is 991. The maximum Gasteiger partial charge on any atom is 0.262 e. The summed E-state index contributed by atoms with van der Waals surface area (Å²) in [6.45, 7) is 3.90. The maximum absolute atomic E-state index is 13.1. The fourth-order valence-electron chi connectivity index (χ4n) is 4.41. The average molecular weight is 437 g/mol. The van der Waals surface area contributed by atoms with E-state index in [2.05, 4.69) is 6.58 Å². The highest BCUT2D eigenvalue weighted by Crippen LogP contribution is 2.38. The lowest BCUT2D eigenvalue weighted by molar-refractivity contribution is -0.347. The van der Waals surface area contributed by atoms with E-state index in [1.165, 1.54) is 6.08 Å². The number of fused-ring (bicyclic) bond motifs is 2. The van der Waals surface area contributed by atoms with Gasteiger partial charge in [-0.15, -0.1) is 6.58 Å². The number of nitrogens with zero attached hydrogens (tertiary/aromatic N) is 1. The molecule has 0 aromatic heterocycles. The molecule has 0 unspecified atom stereocenters. The number of imide groups is 1. The molecule has 3 heterocycles. The Morgan fingerprint density at radius 2 is 1.69 bits per heavy atom. The lowest BCUT2D eigenvalue weighted by Gasteiger charge is -2.49. The molecule has 2 aromatic rings. The summed E-state index contributed by atoms with van der Waals surface area (Å²) in [6.07, 6.45) is -2.95. The van der Waals surface area contributed by atoms with Gasteiger partial charge < -0.3 is 24.1 Å². The van der Waals surface area contributed by atoms with Gasteiger partial charge in [0, 0.05) is 5.56 Å². The molecular weight excluding hydrogens is 414 g/mol. The smallest absolute Gasteiger partial charge is 0.262 e. The summed E-state index contributed by atoms with van der Waals surface area (Å²) < 4.78 is 23.6. The van der Waals surface area contributed by atoms with Crippen molar-refractivity contribution in [3.63, 3.8) is 0 Å². The zero-order chi connectivity index (χ0) is 22.2. The molecule has 2 saturated heterocycles. The van der Waals surface area contributed by atoms with Crippen molar-refractivity contribution in [3.8, 4) is 0 Å². The third kappa shape index (κ3) is 3.46. The number of hydrogen-bond acceptors (Lipinski definition) is 7. The standard InChI is InChI=1S/C24H23NO7/c1-2-12-29-24-18(25-21(27)15-10-6-7-11-16(15)22(25)28)19(26)20-17(31-24)13-30-23(32-20)14-8-4-3-5-9-14/h2-11,17-20,23-24,26H,1,12-13H2/t17-,18-,19-,20-,23-,24-/m1/s1. The van der Waals surface area contributed by atoms with Gasteiger partial charge in [-0.25, -0.2) is 0 Å². The lowest BCUT2D eigenvalue weighted by atomic mass is 9.94. The second kappa shape index (κ2) is 8.57. The van der Waals surface area contributed by atoms with E-state index in [-0.39, 0.29) is 24.3 Å². The second-order valence-electron chi connectivity index (χ2n) is 7.85. The van der Waals surface area contributed by atoms with E-state index in [1.54, 1.807) is 24.3 Å². The molecule has 1 N–H and O–H groups in total. The molecule has 2 amide bonds. The summed E-state index contributed by atoms with van der Waals surface area (Å²) in [5.41, 5.74) is 1.36. The molecule has 0 spiro atoms. The number of hydrogen-bond donors (Lipinski definition) is 1. The monoisotopic (exact) mass is 437 g/mol. The van der Waals surface area contributed by atoms with Crippen molar-refractivity contribution in [2.75, 3.05) is 13.2 Å². The Labute approximate surface area is 184 Å². The molecule has 8 heteroatoms. The van der Waals surface area contributed by atoms with Crippen molar-refractivity contribution in [1.29, 1.82) is 0 Å². The second-order valence-corrected chi connectivity index (χ2v) is 7.85. The Morgan fingerprint density at radius 1 is 1.03 bits per heavy atom. The van der Waals surface area contributed by atoms with Gasteiger partial charge in [0.05, 0.1) is 24.3 Å². The molecule has 0 aliphatic carbocycles. The van der Waals surface area contributed by atoms with Crippen LogP contribution in [-0.2, 0) is 18.9 Å². The van der Waals surface area contributed by atoms with Crippen LogP contribution in [0, 0.1) is 0 Å². The molecule has 5 rings (SSSR count). The van der Waals surface area contributed by atoms with Crippen LogP contribution in [-0.4, -0.2) is 65.7 Å². The highest BCUT2D eigenvalue weighted by molar-refractivity contribution is 6.21. The highest BCUT2D eigenvalue weighted by atomic mass is 16.7. The summed E-state index contributed by atoms with van der Waals surface area (Å²) in [6, 6.07) is 14.8. The fourth-order valence-corrected chi connectivity index (χ4v) is 4.41. The third-order valence-corrected chi connectivity index (χ3v) is 5.91. The van der Waals surface area contributed by atoms with Crippen LogP contribution in [0.1, 0.15) is 32.6 Å². The Morgan fingerprint density at radius 3 is 2.34 bits per heavy atom. The topological polar surface area (TPSA) is 94.5 Å². The van der Waals surface area contributed by atoms with E-state index in [9.17, 15) is 14.7 Å². The summed E-state index contributed by atoms with van der Waals surface area (Å²) in [5.74, 6) is -1.01. The number of rotatable bonds is 5. The van der Waals surface area contributed by atoms with Crippen molar-refractivity contribution >= 4 is 11.8 Å². The molecule has 3 aliphatic rings. The van der Waals surface area contributed by atoms with Gasteiger partial charge in [-0.2, -0.15) is 0 Å². The summed E-state index contributed by atoms with van der Waals surface area (Å²) >= 11 is 0. The molecule has 3 aliphatic heterocycles. The summed E-state index contributed by atoms with van der Waals surface area (Å²) in [5, 5.41) is 11.4. The Hall–Kier alpha value is -2.88. The SMILES string of the molecule is C=CCO[C@@H]1O[C@@H]2CO[C@@H](c3ccccc3)O[C@H]2[C@H](O)[C@H]1N1C(=O)c2ccccc2C1=O. The molecule has 166 valence electrons. The molecular formula is C24H23NO7. The Balaban J connectivity index is 1.46. The minimum atomic E-state index is -1.25. The van der Waals surface area contributed by atoms with Crippen LogP contribution in [0.5, 0.6) is 0 Å². The average Bonchev–Trinajstić information content (AvgIpc) is 3.08. The third-order valence-electron chi connectivity index (χ3n) is 5.91. The number of carbonyl (C=O) groups excluding carboxylic acids is 2. The first-order chi connectivity index (χ1) is 15.6. The van der Waals surface area contributed by atoms with Crippen LogP contribution in [0.4, 0.5) is 0 Å². The van der Waals surface area contributed by atoms with E-state index < -0.39 is 48.7 Å². The van der Waals surface area contributed by atoms with Gasteiger partial charge >= 0.3 is 0 Å². The summed E-state index contributed by atoms with van der Waals surface area (Å²) in [7, 11) is 0. The number of aliphatic hydroxyl groups is 1. The van der Waals surface area contributed by atoms with Gasteiger partial charge in [0.25, 0.3) is 11.8 Å². The van der Waals surface area contributed by atoms with E-state index in [1.807, 2.05) is 30.3 Å². The van der Waals surface area contributed by atoms with Crippen LogP contribution in [0.2, 0.25) is 0 Å². The van der Waals surface area contributed by atoms with Crippen LogP contribution >= 0.6 is 0 Å². The number of amides is 2. The molecule has 2 aromatic carbocycles. The van der Waals surface area contributed by atoms with E-state index in [0.717, 1.165) is 10.5 Å². The van der Waals surface area contributed by atoms with Crippen molar-refractivity contribution in [3.05, 3.63) is 83.9 Å². The zero-order valence-electron chi connectivity index (χ0n) is 17.2. The van der Waals surface area contributed by atoms with Gasteiger partial charge in [-0.3, -0.25) is 14.5 Å². The van der Waals surface area contributed by atoms with Gasteiger partial charge in [0.1, 0.15) is 24.4 Å². The van der Waals surface area contributed by atoms with Gasteiger partial charge in [0.15, 0.2) is 12.6 Å². The first-order valence-electron chi connectivity index (χ1n) is 10.4. The minimum absolute atomic E-state index is 0.114. The molecule has 2 fully saturated rings. The minimum Gasteiger partial charge on any atom is -0.388 e. The normalized spacial score (nSPS) is 31.8. The van der Waals surface area contributed by atoms with Crippen LogP contribution < -0.4 is 0 Å². The molecule has 0 bridgehead atoms. The first kappa shape index (κ1) is 21.0. The molecule has 0 saturated carbocycles. The number of ether oxygens (including phenoxy) is 4. The van der Waals surface area contributed by atoms with E-state index in [0.29, 0.717) is 0 Å². The molecule has 0 radical (unpaired) electrons. The van der Waals surface area contributed by atoms with Gasteiger partial charge in [-0.1, -0.05) is 48.5 Å². The van der Waals surface area contributed by atoms with E-state index >= 15 is 0 Å². The van der Waals surface area contributed by atoms with Gasteiger partial charge in [0.2, 0.25) is 0 Å². The summed E-state index contributed by atoms with van der Waals surface area (Å²) in [4.78, 5) is 27.3. The van der Waals surface area contributed by atoms with Crippen LogP contribution in [0.15, 0.2) is 67.3 Å². The van der Waals surface area contributed by atoms with E-state index in [4.69, 9.17) is 18.9 Å². The fraction of sp³-hybridized carbons (Fsp3) is 0.333. The van der Waals surface area contributed by atoms with Crippen LogP contribution in [0.3, 0.4) is 0 Å². The van der Waals surface area contributed by atoms with Crippen molar-refractivity contribution < 1.29 is 33.6 Å². The molecule has 8 nitrogen and oxygen atoms in total. The van der Waals surface area contributed by atoms with Gasteiger partial charge in [-0.05, 0) is 12.1 Å². The predicted octanol–water partition coefficient (Wildman–Crippen LogP) is 2.05. The van der Waals surface area contributed by atoms with Crippen molar-refractivity contribution in [1.82, 2.24) is 4.90 Å². The quantitative estimate of drug-likeness (QED) is 0.565. The zero-order valence-corrected chi connectivity index (χ0v) is 17.2. The van der Waals surface area contributed by atoms with Crippen LogP contribution in [0.25, 0.3) is 0 Å². The largest absolute Gasteiger partial charge is 0.388 e. The Kier molecular flexibility index (Phi) is 5.62. The first-order valence-corrected chi connectivity index (χ1v) is 10.4. The molecule has 6 atom stereocenters. The predicted molar refractivity (Wildman–Crippen MR) is 112 cm³/mol. The van der Waals surface area contributed by atoms with Crippen molar-refractivity contribution in [2.24, 2.45) is 0 Å². The lowest BCUT2D eigenvalue weighted by Crippen LogP contribution is -2.67. The number of carbonyl (C=O) groups is 2.